The van der Waals surface area contributed by atoms with Crippen molar-refractivity contribution in [2.75, 3.05) is 0 Å². The molecule has 3 nitrogen and oxygen atoms in total. The summed E-state index contributed by atoms with van der Waals surface area (Å²) in [6.07, 6.45) is -6.18. The molecule has 100 valence electrons. The molecule has 1 aromatic carbocycles. The Morgan fingerprint density at radius 3 is 2.21 bits per heavy atom. The molecule has 0 aliphatic rings. The third-order valence-corrected chi connectivity index (χ3v) is 2.33. The van der Waals surface area contributed by atoms with Crippen molar-refractivity contribution in [1.82, 2.24) is 4.98 Å². The standard InChI is InChI=1S/C13H10F3NO2/c14-13(15,16)12(18)11-7-6-10(8-17-11)19-9-4-2-1-3-5-9/h1-8,12,18H. The normalized spacial score (nSPS) is 13.1. The quantitative estimate of drug-likeness (QED) is 0.927. The fraction of sp³-hybridized carbons (Fsp3) is 0.154. The summed E-state index contributed by atoms with van der Waals surface area (Å²) in [4.78, 5) is 3.55. The lowest BCUT2D eigenvalue weighted by Crippen LogP contribution is -2.21. The molecule has 1 atom stereocenters. The Hall–Kier alpha value is -2.08. The van der Waals surface area contributed by atoms with E-state index in [1.807, 2.05) is 6.07 Å². The van der Waals surface area contributed by atoms with Crippen LogP contribution < -0.4 is 4.74 Å². The van der Waals surface area contributed by atoms with E-state index in [0.717, 1.165) is 12.3 Å². The summed E-state index contributed by atoms with van der Waals surface area (Å²) >= 11 is 0. The number of rotatable bonds is 3. The maximum Gasteiger partial charge on any atom is 0.420 e. The lowest BCUT2D eigenvalue weighted by Gasteiger charge is -2.14. The van der Waals surface area contributed by atoms with Crippen LogP contribution in [0.25, 0.3) is 0 Å². The highest BCUT2D eigenvalue weighted by Crippen LogP contribution is 2.32. The molecule has 0 aliphatic heterocycles. The molecule has 0 aliphatic carbocycles. The number of pyridine rings is 1. The minimum absolute atomic E-state index is 0.296. The van der Waals surface area contributed by atoms with E-state index in [-0.39, 0.29) is 0 Å². The fourth-order valence-electron chi connectivity index (χ4n) is 1.41. The molecule has 1 N–H and O–H groups in total. The molecule has 0 saturated heterocycles. The summed E-state index contributed by atoms with van der Waals surface area (Å²) in [6.45, 7) is 0. The Kier molecular flexibility index (Phi) is 3.71. The Balaban J connectivity index is 2.11. The lowest BCUT2D eigenvalue weighted by atomic mass is 10.2. The average Bonchev–Trinajstić information content (AvgIpc) is 2.39. The summed E-state index contributed by atoms with van der Waals surface area (Å²) in [5, 5.41) is 9.01. The smallest absolute Gasteiger partial charge is 0.420 e. The van der Waals surface area contributed by atoms with Crippen LogP contribution in [0, 0.1) is 0 Å². The molecule has 0 bridgehead atoms. The van der Waals surface area contributed by atoms with E-state index < -0.39 is 18.0 Å². The van der Waals surface area contributed by atoms with Gasteiger partial charge in [-0.05, 0) is 24.3 Å². The highest BCUT2D eigenvalue weighted by atomic mass is 19.4. The molecular formula is C13H10F3NO2. The van der Waals surface area contributed by atoms with Gasteiger partial charge in [0.1, 0.15) is 11.5 Å². The second-order valence-electron chi connectivity index (χ2n) is 3.78. The molecule has 2 aromatic rings. The number of halogens is 3. The minimum Gasteiger partial charge on any atom is -0.456 e. The number of aliphatic hydroxyl groups excluding tert-OH is 1. The van der Waals surface area contributed by atoms with E-state index in [0.29, 0.717) is 11.5 Å². The molecule has 1 unspecified atom stereocenters. The van der Waals surface area contributed by atoms with Crippen molar-refractivity contribution < 1.29 is 23.0 Å². The van der Waals surface area contributed by atoms with Gasteiger partial charge >= 0.3 is 6.18 Å². The summed E-state index contributed by atoms with van der Waals surface area (Å²) in [6, 6.07) is 11.2. The van der Waals surface area contributed by atoms with Gasteiger partial charge in [0.05, 0.1) is 11.9 Å². The first-order valence-corrected chi connectivity index (χ1v) is 5.40. The van der Waals surface area contributed by atoms with Gasteiger partial charge < -0.3 is 9.84 Å². The van der Waals surface area contributed by atoms with Crippen molar-refractivity contribution in [3.8, 4) is 11.5 Å². The van der Waals surface area contributed by atoms with Crippen molar-refractivity contribution >= 4 is 0 Å². The average molecular weight is 269 g/mol. The van der Waals surface area contributed by atoms with Crippen LogP contribution in [0.1, 0.15) is 11.8 Å². The molecule has 0 fully saturated rings. The van der Waals surface area contributed by atoms with Gasteiger partial charge in [-0.3, -0.25) is 4.98 Å². The highest BCUT2D eigenvalue weighted by Gasteiger charge is 2.40. The first-order valence-electron chi connectivity index (χ1n) is 5.40. The monoisotopic (exact) mass is 269 g/mol. The van der Waals surface area contributed by atoms with Crippen LogP contribution in [0.5, 0.6) is 11.5 Å². The topological polar surface area (TPSA) is 42.4 Å². The Bertz CT molecular complexity index is 526. The van der Waals surface area contributed by atoms with Crippen LogP contribution in [0.3, 0.4) is 0 Å². The molecule has 6 heteroatoms. The van der Waals surface area contributed by atoms with Gasteiger partial charge in [0, 0.05) is 0 Å². The van der Waals surface area contributed by atoms with Gasteiger partial charge in [-0.2, -0.15) is 13.2 Å². The number of para-hydroxylation sites is 1. The van der Waals surface area contributed by atoms with E-state index in [1.54, 1.807) is 24.3 Å². The van der Waals surface area contributed by atoms with E-state index in [9.17, 15) is 13.2 Å². The van der Waals surface area contributed by atoms with E-state index in [1.165, 1.54) is 6.07 Å². The number of aromatic nitrogens is 1. The van der Waals surface area contributed by atoms with Gasteiger partial charge in [0.25, 0.3) is 0 Å². The van der Waals surface area contributed by atoms with Crippen LogP contribution in [-0.4, -0.2) is 16.3 Å². The number of ether oxygens (including phenoxy) is 1. The van der Waals surface area contributed by atoms with Crippen molar-refractivity contribution in [3.63, 3.8) is 0 Å². The number of hydrogen-bond donors (Lipinski definition) is 1. The fourth-order valence-corrected chi connectivity index (χ4v) is 1.41. The zero-order chi connectivity index (χ0) is 13.9. The maximum atomic E-state index is 12.3. The van der Waals surface area contributed by atoms with Crippen LogP contribution in [0.15, 0.2) is 48.7 Å². The van der Waals surface area contributed by atoms with E-state index >= 15 is 0 Å². The van der Waals surface area contributed by atoms with Gasteiger partial charge in [0.2, 0.25) is 0 Å². The molecule has 2 rings (SSSR count). The molecule has 0 saturated carbocycles. The number of nitrogens with zero attached hydrogens (tertiary/aromatic N) is 1. The summed E-state index contributed by atoms with van der Waals surface area (Å²) in [7, 11) is 0. The second-order valence-corrected chi connectivity index (χ2v) is 3.78. The van der Waals surface area contributed by atoms with Crippen molar-refractivity contribution in [1.29, 1.82) is 0 Å². The van der Waals surface area contributed by atoms with Crippen molar-refractivity contribution in [2.45, 2.75) is 12.3 Å². The number of alkyl halides is 3. The maximum absolute atomic E-state index is 12.3. The summed E-state index contributed by atoms with van der Waals surface area (Å²) in [5.74, 6) is 0.845. The number of hydrogen-bond acceptors (Lipinski definition) is 3. The zero-order valence-corrected chi connectivity index (χ0v) is 9.63. The predicted octanol–water partition coefficient (Wildman–Crippen LogP) is 3.47. The zero-order valence-electron chi connectivity index (χ0n) is 9.63. The predicted molar refractivity (Wildman–Crippen MR) is 61.8 cm³/mol. The van der Waals surface area contributed by atoms with E-state index in [4.69, 9.17) is 9.84 Å². The first kappa shape index (κ1) is 13.4. The summed E-state index contributed by atoms with van der Waals surface area (Å²) in [5.41, 5.74) is -0.465. The second kappa shape index (κ2) is 5.27. The van der Waals surface area contributed by atoms with Crippen LogP contribution >= 0.6 is 0 Å². The Morgan fingerprint density at radius 2 is 1.68 bits per heavy atom. The minimum atomic E-state index is -4.73. The van der Waals surface area contributed by atoms with Crippen molar-refractivity contribution in [2.24, 2.45) is 0 Å². The van der Waals surface area contributed by atoms with Gasteiger partial charge in [-0.15, -0.1) is 0 Å². The molecule has 19 heavy (non-hydrogen) atoms. The largest absolute Gasteiger partial charge is 0.456 e. The van der Waals surface area contributed by atoms with Crippen LogP contribution in [0.2, 0.25) is 0 Å². The molecular weight excluding hydrogens is 259 g/mol. The molecule has 1 aromatic heterocycles. The summed E-state index contributed by atoms with van der Waals surface area (Å²) < 4.78 is 42.2. The van der Waals surface area contributed by atoms with Crippen LogP contribution in [0.4, 0.5) is 13.2 Å². The highest BCUT2D eigenvalue weighted by molar-refractivity contribution is 5.29. The SMILES string of the molecule is OC(c1ccc(Oc2ccccc2)cn1)C(F)(F)F. The Morgan fingerprint density at radius 1 is 1.00 bits per heavy atom. The number of aliphatic hydroxyl groups is 1. The van der Waals surface area contributed by atoms with Gasteiger partial charge in [-0.25, -0.2) is 0 Å². The van der Waals surface area contributed by atoms with Gasteiger partial charge in [-0.1, -0.05) is 18.2 Å². The first-order chi connectivity index (χ1) is 8.97. The van der Waals surface area contributed by atoms with Gasteiger partial charge in [0.15, 0.2) is 6.10 Å². The molecule has 0 radical (unpaired) electrons. The number of benzene rings is 1. The molecule has 0 spiro atoms. The van der Waals surface area contributed by atoms with Crippen molar-refractivity contribution in [3.05, 3.63) is 54.4 Å². The molecule has 1 heterocycles. The lowest BCUT2D eigenvalue weighted by molar-refractivity contribution is -0.207. The van der Waals surface area contributed by atoms with Crippen LogP contribution in [-0.2, 0) is 0 Å². The van der Waals surface area contributed by atoms with E-state index in [2.05, 4.69) is 4.98 Å². The Labute approximate surface area is 107 Å². The third kappa shape index (κ3) is 3.45. The third-order valence-electron chi connectivity index (χ3n) is 2.33. The molecule has 0 amide bonds.